The van der Waals surface area contributed by atoms with Crippen LogP contribution in [0.25, 0.3) is 0 Å². The quantitative estimate of drug-likeness (QED) is 0.0212. The minimum atomic E-state index is -4.71. The van der Waals surface area contributed by atoms with Gasteiger partial charge in [-0.2, -0.15) is 0 Å². The molecule has 0 spiro atoms. The van der Waals surface area contributed by atoms with Gasteiger partial charge in [0.25, 0.3) is 7.82 Å². The second kappa shape index (κ2) is 67.3. The van der Waals surface area contributed by atoms with E-state index in [9.17, 15) is 19.0 Å². The fraction of sp³-hybridized carbons (Fsp3) is 0.821. The molecule has 514 valence electrons. The Labute approximate surface area is 546 Å². The number of amides is 1. The van der Waals surface area contributed by atoms with Crippen LogP contribution in [0.15, 0.2) is 72.9 Å². The molecule has 0 aromatic heterocycles. The first-order chi connectivity index (χ1) is 42.9. The van der Waals surface area contributed by atoms with Crippen molar-refractivity contribution in [2.45, 2.75) is 373 Å². The highest BCUT2D eigenvalue weighted by molar-refractivity contribution is 7.45. The lowest BCUT2D eigenvalue weighted by atomic mass is 10.0. The Morgan fingerprint density at radius 3 is 1.07 bits per heavy atom. The molecular formula is C78H145N2O7P. The van der Waals surface area contributed by atoms with Crippen molar-refractivity contribution in [3.63, 3.8) is 0 Å². The molecule has 1 amide bonds. The van der Waals surface area contributed by atoms with E-state index in [-0.39, 0.29) is 24.9 Å². The van der Waals surface area contributed by atoms with Crippen LogP contribution < -0.4 is 10.2 Å². The number of nitrogens with zero attached hydrogens (tertiary/aromatic N) is 1. The fourth-order valence-corrected chi connectivity index (χ4v) is 11.8. The van der Waals surface area contributed by atoms with Crippen LogP contribution in [0.1, 0.15) is 361 Å². The van der Waals surface area contributed by atoms with Gasteiger partial charge in [0.2, 0.25) is 5.91 Å². The number of carbonyl (C=O) groups excluding carboxylic acids is 2. The summed E-state index contributed by atoms with van der Waals surface area (Å²) in [6, 6.07) is -0.894. The molecule has 0 aliphatic rings. The molecule has 9 nitrogen and oxygen atoms in total. The summed E-state index contributed by atoms with van der Waals surface area (Å²) in [5.74, 6) is -0.535. The third kappa shape index (κ3) is 67.8. The number of nitrogens with one attached hydrogen (secondary N) is 1. The average Bonchev–Trinajstić information content (AvgIpc) is 3.71. The van der Waals surface area contributed by atoms with Crippen LogP contribution in [0.3, 0.4) is 0 Å². The number of phosphoric acid groups is 1. The Kier molecular flexibility index (Phi) is 65.4. The van der Waals surface area contributed by atoms with Gasteiger partial charge in [-0.3, -0.25) is 14.2 Å². The predicted octanol–water partition coefficient (Wildman–Crippen LogP) is 23.7. The van der Waals surface area contributed by atoms with Crippen molar-refractivity contribution < 1.29 is 37.3 Å². The molecule has 0 aromatic carbocycles. The molecule has 10 heteroatoms. The third-order valence-corrected chi connectivity index (χ3v) is 17.8. The second-order valence-electron chi connectivity index (χ2n) is 26.8. The molecule has 0 aromatic rings. The first-order valence-electron chi connectivity index (χ1n) is 37.7. The lowest BCUT2D eigenvalue weighted by Crippen LogP contribution is -2.47. The Morgan fingerprint density at radius 1 is 0.398 bits per heavy atom. The molecule has 1 N–H and O–H groups in total. The van der Waals surface area contributed by atoms with E-state index in [0.717, 1.165) is 89.9 Å². The van der Waals surface area contributed by atoms with Crippen LogP contribution in [0.4, 0.5) is 0 Å². The summed E-state index contributed by atoms with van der Waals surface area (Å²) < 4.78 is 30.5. The third-order valence-electron chi connectivity index (χ3n) is 16.9. The van der Waals surface area contributed by atoms with Crippen LogP contribution in [0.2, 0.25) is 0 Å². The summed E-state index contributed by atoms with van der Waals surface area (Å²) in [6.45, 7) is 6.85. The zero-order chi connectivity index (χ0) is 64.2. The summed E-state index contributed by atoms with van der Waals surface area (Å²) in [4.78, 5) is 40.3. The number of hydrogen-bond donors (Lipinski definition) is 1. The van der Waals surface area contributed by atoms with E-state index in [1.165, 1.54) is 238 Å². The van der Waals surface area contributed by atoms with Crippen molar-refractivity contribution >= 4 is 19.7 Å². The van der Waals surface area contributed by atoms with E-state index >= 15 is 0 Å². The molecule has 0 aliphatic heterocycles. The van der Waals surface area contributed by atoms with Crippen molar-refractivity contribution in [2.75, 3.05) is 40.9 Å². The topological polar surface area (TPSA) is 114 Å². The van der Waals surface area contributed by atoms with Gasteiger partial charge in [0.15, 0.2) is 0 Å². The van der Waals surface area contributed by atoms with E-state index in [0.29, 0.717) is 17.4 Å². The van der Waals surface area contributed by atoms with Gasteiger partial charge in [-0.1, -0.05) is 319 Å². The standard InChI is InChI=1S/C78H145N2O7P/c1-7-10-13-16-19-22-25-28-30-32-34-36-38-40-42-44-46-48-50-52-55-58-61-64-67-70-77(81)79-75(74-86-88(83,84)85-73-72-80(4,5)6)76(69-66-63-60-57-54-27-24-21-18-15-12-9-3)87-78(82)71-68-65-62-59-56-53-51-49-47-45-43-41-39-37-35-33-31-29-26-23-20-17-14-11-8-2/h19,22,28-31,34,36,40,42,66,69,75-76H,7-18,20-21,23-27,32-33,35,37-39,41,43-65,67-68,70-74H2,1-6H3,(H-,79,81,83,84)/b22-19-,30-28-,31-29+,36-34-,42-40-,69-66+. The molecule has 0 rings (SSSR count). The van der Waals surface area contributed by atoms with Crippen molar-refractivity contribution in [2.24, 2.45) is 0 Å². The first-order valence-corrected chi connectivity index (χ1v) is 39.2. The number of carbonyl (C=O) groups is 2. The summed E-state index contributed by atoms with van der Waals surface area (Å²) in [6.07, 6.45) is 88.9. The van der Waals surface area contributed by atoms with Crippen LogP contribution >= 0.6 is 7.82 Å². The van der Waals surface area contributed by atoms with Gasteiger partial charge in [0.05, 0.1) is 33.8 Å². The number of phosphoric ester groups is 1. The first kappa shape index (κ1) is 85.5. The molecule has 0 radical (unpaired) electrons. The maximum absolute atomic E-state index is 13.6. The average molecular weight is 1250 g/mol. The van der Waals surface area contributed by atoms with E-state index in [1.807, 2.05) is 33.3 Å². The maximum atomic E-state index is 13.6. The molecule has 3 unspecified atom stereocenters. The van der Waals surface area contributed by atoms with Crippen LogP contribution in [0.5, 0.6) is 0 Å². The lowest BCUT2D eigenvalue weighted by Gasteiger charge is -2.30. The van der Waals surface area contributed by atoms with Gasteiger partial charge < -0.3 is 28.5 Å². The minimum absolute atomic E-state index is 0.0243. The van der Waals surface area contributed by atoms with Crippen LogP contribution in [0, 0.1) is 0 Å². The zero-order valence-corrected chi connectivity index (χ0v) is 59.8. The number of quaternary nitrogens is 1. The SMILES string of the molecule is CCCCC/C=C\C/C=C\C/C=C\C/C=C\CCCCCCCCCCCC(=O)NC(COP(=O)([O-])OCC[N+](C)(C)C)C(/C=C/CCCCCCCCCCCC)OC(=O)CCCCCCCCCCCCCCCCC/C=C/CCCCCCCC. The van der Waals surface area contributed by atoms with Gasteiger partial charge in [0.1, 0.15) is 19.3 Å². The molecule has 0 aliphatic carbocycles. The van der Waals surface area contributed by atoms with E-state index in [4.69, 9.17) is 13.8 Å². The van der Waals surface area contributed by atoms with Gasteiger partial charge in [-0.05, 0) is 102 Å². The van der Waals surface area contributed by atoms with Crippen molar-refractivity contribution in [1.29, 1.82) is 0 Å². The van der Waals surface area contributed by atoms with E-state index in [2.05, 4.69) is 86.8 Å². The molecule has 0 bridgehead atoms. The predicted molar refractivity (Wildman–Crippen MR) is 381 cm³/mol. The number of rotatable bonds is 69. The van der Waals surface area contributed by atoms with Crippen molar-refractivity contribution in [3.05, 3.63) is 72.9 Å². The number of likely N-dealkylation sites (N-methyl/N-ethyl adjacent to an activating group) is 1. The number of hydrogen-bond acceptors (Lipinski definition) is 7. The van der Waals surface area contributed by atoms with Crippen LogP contribution in [-0.4, -0.2) is 69.4 Å². The molecular weight excluding hydrogens is 1110 g/mol. The number of esters is 1. The van der Waals surface area contributed by atoms with Crippen LogP contribution in [-0.2, 0) is 27.9 Å². The van der Waals surface area contributed by atoms with E-state index < -0.39 is 26.6 Å². The molecule has 0 saturated heterocycles. The molecule has 0 heterocycles. The highest BCUT2D eigenvalue weighted by atomic mass is 31.2. The Bertz CT molecular complexity index is 1730. The molecule has 0 fully saturated rings. The largest absolute Gasteiger partial charge is 0.756 e. The monoisotopic (exact) mass is 1250 g/mol. The van der Waals surface area contributed by atoms with Gasteiger partial charge in [-0.15, -0.1) is 0 Å². The minimum Gasteiger partial charge on any atom is -0.756 e. The lowest BCUT2D eigenvalue weighted by molar-refractivity contribution is -0.870. The maximum Gasteiger partial charge on any atom is 0.306 e. The number of ether oxygens (including phenoxy) is 1. The van der Waals surface area contributed by atoms with E-state index in [1.54, 1.807) is 0 Å². The Hall–Kier alpha value is -2.55. The molecule has 3 atom stereocenters. The normalized spacial score (nSPS) is 13.9. The van der Waals surface area contributed by atoms with Gasteiger partial charge >= 0.3 is 5.97 Å². The summed E-state index contributed by atoms with van der Waals surface area (Å²) in [5, 5.41) is 3.05. The highest BCUT2D eigenvalue weighted by Gasteiger charge is 2.27. The molecule has 88 heavy (non-hydrogen) atoms. The zero-order valence-electron chi connectivity index (χ0n) is 58.9. The van der Waals surface area contributed by atoms with Crippen molar-refractivity contribution in [3.8, 4) is 0 Å². The Morgan fingerprint density at radius 2 is 0.693 bits per heavy atom. The summed E-state index contributed by atoms with van der Waals surface area (Å²) >= 11 is 0. The Balaban J connectivity index is 5.00. The highest BCUT2D eigenvalue weighted by Crippen LogP contribution is 2.38. The van der Waals surface area contributed by atoms with Gasteiger partial charge in [-0.25, -0.2) is 0 Å². The smallest absolute Gasteiger partial charge is 0.306 e. The fourth-order valence-electron chi connectivity index (χ4n) is 11.0. The van der Waals surface area contributed by atoms with Gasteiger partial charge in [0, 0.05) is 12.8 Å². The molecule has 0 saturated carbocycles. The number of unbranched alkanes of at least 4 members (excludes halogenated alkanes) is 43. The van der Waals surface area contributed by atoms with Crippen molar-refractivity contribution in [1.82, 2.24) is 5.32 Å². The summed E-state index contributed by atoms with van der Waals surface area (Å²) in [5.41, 5.74) is 0. The number of allylic oxidation sites excluding steroid dienone is 11. The summed E-state index contributed by atoms with van der Waals surface area (Å²) in [7, 11) is 1.19. The second-order valence-corrected chi connectivity index (χ2v) is 28.2.